The highest BCUT2D eigenvalue weighted by molar-refractivity contribution is 7.26. The van der Waals surface area contributed by atoms with E-state index in [2.05, 4.69) is 155 Å². The maximum absolute atomic E-state index is 5.33. The number of rotatable bonds is 4. The molecule has 4 nitrogen and oxygen atoms in total. The quantitative estimate of drug-likeness (QED) is 0.197. The van der Waals surface area contributed by atoms with E-state index in [-0.39, 0.29) is 0 Å². The van der Waals surface area contributed by atoms with Crippen LogP contribution in [0.25, 0.3) is 87.0 Å². The molecule has 0 radical (unpaired) electrons. The number of thiophene rings is 1. The summed E-state index contributed by atoms with van der Waals surface area (Å²) in [5, 5.41) is 6.02. The van der Waals surface area contributed by atoms with Crippen LogP contribution >= 0.6 is 11.3 Å². The molecule has 4 aromatic heterocycles. The monoisotopic (exact) mass is 618 g/mol. The first-order valence-electron chi connectivity index (χ1n) is 15.8. The molecule has 5 heteroatoms. The Morgan fingerprint density at radius 2 is 1.15 bits per heavy atom. The highest BCUT2D eigenvalue weighted by Gasteiger charge is 2.22. The minimum atomic E-state index is 0.662. The van der Waals surface area contributed by atoms with Crippen molar-refractivity contribution in [2.75, 3.05) is 0 Å². The predicted molar refractivity (Wildman–Crippen MR) is 197 cm³/mol. The molecule has 10 rings (SSSR count). The van der Waals surface area contributed by atoms with Gasteiger partial charge in [-0.05, 0) is 48.5 Å². The van der Waals surface area contributed by atoms with Crippen LogP contribution in [0.4, 0.5) is 0 Å². The van der Waals surface area contributed by atoms with Crippen molar-refractivity contribution in [1.82, 2.24) is 19.1 Å². The molecule has 0 aliphatic carbocycles. The lowest BCUT2D eigenvalue weighted by atomic mass is 10.1. The van der Waals surface area contributed by atoms with Crippen LogP contribution in [-0.4, -0.2) is 19.1 Å². The van der Waals surface area contributed by atoms with Crippen LogP contribution in [0.5, 0.6) is 0 Å². The Morgan fingerprint density at radius 1 is 0.489 bits per heavy atom. The number of hydrogen-bond acceptors (Lipinski definition) is 3. The van der Waals surface area contributed by atoms with Gasteiger partial charge in [-0.25, -0.2) is 9.97 Å². The fourth-order valence-corrected chi connectivity index (χ4v) is 8.12. The molecule has 0 unspecified atom stereocenters. The van der Waals surface area contributed by atoms with Gasteiger partial charge in [0.25, 0.3) is 0 Å². The lowest BCUT2D eigenvalue weighted by Crippen LogP contribution is -2.04. The van der Waals surface area contributed by atoms with Gasteiger partial charge in [-0.1, -0.05) is 103 Å². The standard InChI is InChI=1S/C42H26N4S/c1-4-12-27(13-5-1)34-26-35(28-14-6-2-7-15-28)44-42(43-34)46-37-24-29-22-23-45(30-16-8-3-9-17-30)36(29)25-33(37)31-20-21-39-40(41(31)46)32-18-10-11-19-38(32)47-39/h1-26H. The smallest absolute Gasteiger partial charge is 0.235 e. The molecule has 0 N–H and O–H groups in total. The van der Waals surface area contributed by atoms with E-state index in [1.54, 1.807) is 0 Å². The molecule has 0 fully saturated rings. The highest BCUT2D eigenvalue weighted by Crippen LogP contribution is 2.44. The summed E-state index contributed by atoms with van der Waals surface area (Å²) in [7, 11) is 0. The van der Waals surface area contributed by atoms with Crippen molar-refractivity contribution >= 4 is 64.2 Å². The van der Waals surface area contributed by atoms with Gasteiger partial charge in [-0.3, -0.25) is 4.57 Å². The minimum absolute atomic E-state index is 0.662. The highest BCUT2D eigenvalue weighted by atomic mass is 32.1. The summed E-state index contributed by atoms with van der Waals surface area (Å²) < 4.78 is 7.11. The zero-order valence-electron chi connectivity index (χ0n) is 25.2. The van der Waals surface area contributed by atoms with Gasteiger partial charge in [-0.15, -0.1) is 11.3 Å². The Balaban J connectivity index is 1.37. The summed E-state index contributed by atoms with van der Waals surface area (Å²) in [4.78, 5) is 10.7. The van der Waals surface area contributed by atoms with Gasteiger partial charge in [0.2, 0.25) is 5.95 Å². The number of fused-ring (bicyclic) bond motifs is 8. The maximum atomic E-state index is 5.33. The van der Waals surface area contributed by atoms with Gasteiger partial charge in [0.05, 0.1) is 27.9 Å². The Labute approximate surface area is 274 Å². The second-order valence-corrected chi connectivity index (χ2v) is 13.0. The average molecular weight is 619 g/mol. The van der Waals surface area contributed by atoms with Crippen LogP contribution in [0, 0.1) is 0 Å². The number of aromatic nitrogens is 4. The molecule has 0 bridgehead atoms. The van der Waals surface area contributed by atoms with Gasteiger partial charge in [-0.2, -0.15) is 0 Å². The third-order valence-electron chi connectivity index (χ3n) is 9.17. The summed E-state index contributed by atoms with van der Waals surface area (Å²) in [6, 6.07) is 53.6. The van der Waals surface area contributed by atoms with Crippen molar-refractivity contribution in [3.05, 3.63) is 158 Å². The summed E-state index contributed by atoms with van der Waals surface area (Å²) in [6.45, 7) is 0. The van der Waals surface area contributed by atoms with E-state index in [1.165, 1.54) is 41.8 Å². The van der Waals surface area contributed by atoms with Gasteiger partial charge >= 0.3 is 0 Å². The molecule has 0 aliphatic heterocycles. The first-order valence-corrected chi connectivity index (χ1v) is 16.6. The van der Waals surface area contributed by atoms with E-state index in [4.69, 9.17) is 9.97 Å². The van der Waals surface area contributed by atoms with E-state index < -0.39 is 0 Å². The number of hydrogen-bond donors (Lipinski definition) is 0. The molecule has 0 atom stereocenters. The molecule has 0 spiro atoms. The lowest BCUT2D eigenvalue weighted by Gasteiger charge is -2.12. The Hall–Kier alpha value is -6.04. The van der Waals surface area contributed by atoms with E-state index in [9.17, 15) is 0 Å². The number of benzene rings is 6. The van der Waals surface area contributed by atoms with Crippen LogP contribution < -0.4 is 0 Å². The molecule has 220 valence electrons. The zero-order valence-corrected chi connectivity index (χ0v) is 26.0. The molecular weight excluding hydrogens is 593 g/mol. The van der Waals surface area contributed by atoms with Crippen LogP contribution in [0.3, 0.4) is 0 Å². The largest absolute Gasteiger partial charge is 0.317 e. The Morgan fingerprint density at radius 3 is 1.87 bits per heavy atom. The molecular formula is C42H26N4S. The Kier molecular flexibility index (Phi) is 5.71. The molecule has 10 aromatic rings. The SMILES string of the molecule is c1ccc(-c2cc(-c3ccccc3)nc(-n3c4cc5ccn(-c6ccccc6)c5cc4c4ccc5sc6ccccc6c5c43)n2)cc1. The second kappa shape index (κ2) is 10.2. The maximum Gasteiger partial charge on any atom is 0.235 e. The lowest BCUT2D eigenvalue weighted by molar-refractivity contribution is 0.999. The molecule has 4 heterocycles. The second-order valence-electron chi connectivity index (χ2n) is 11.9. The third kappa shape index (κ3) is 4.07. The number of nitrogens with zero attached hydrogens (tertiary/aromatic N) is 4. The first kappa shape index (κ1) is 26.2. The molecule has 0 amide bonds. The van der Waals surface area contributed by atoms with Gasteiger partial charge in [0.15, 0.2) is 0 Å². The fourth-order valence-electron chi connectivity index (χ4n) is 7.01. The van der Waals surface area contributed by atoms with Crippen molar-refractivity contribution in [3.63, 3.8) is 0 Å². The van der Waals surface area contributed by atoms with Crippen molar-refractivity contribution in [2.24, 2.45) is 0 Å². The number of para-hydroxylation sites is 1. The molecule has 0 saturated carbocycles. The zero-order chi connectivity index (χ0) is 30.9. The summed E-state index contributed by atoms with van der Waals surface area (Å²) >= 11 is 1.84. The normalized spacial score (nSPS) is 11.8. The summed E-state index contributed by atoms with van der Waals surface area (Å²) in [5.74, 6) is 0.662. The molecule has 0 saturated heterocycles. The fraction of sp³-hybridized carbons (Fsp3) is 0. The van der Waals surface area contributed by atoms with E-state index in [1.807, 2.05) is 23.5 Å². The van der Waals surface area contributed by atoms with Crippen LogP contribution in [-0.2, 0) is 0 Å². The van der Waals surface area contributed by atoms with Crippen molar-refractivity contribution in [1.29, 1.82) is 0 Å². The summed E-state index contributed by atoms with van der Waals surface area (Å²) in [5.41, 5.74) is 8.44. The van der Waals surface area contributed by atoms with Crippen LogP contribution in [0.1, 0.15) is 0 Å². The van der Waals surface area contributed by atoms with Crippen LogP contribution in [0.2, 0.25) is 0 Å². The van der Waals surface area contributed by atoms with Crippen molar-refractivity contribution in [3.8, 4) is 34.2 Å². The average Bonchev–Trinajstić information content (AvgIpc) is 3.83. The van der Waals surface area contributed by atoms with Crippen molar-refractivity contribution in [2.45, 2.75) is 0 Å². The summed E-state index contributed by atoms with van der Waals surface area (Å²) in [6.07, 6.45) is 2.16. The first-order chi connectivity index (χ1) is 23.3. The van der Waals surface area contributed by atoms with Gasteiger partial charge in [0, 0.05) is 59.3 Å². The topological polar surface area (TPSA) is 35.6 Å². The van der Waals surface area contributed by atoms with E-state index in [0.717, 1.165) is 39.2 Å². The van der Waals surface area contributed by atoms with E-state index in [0.29, 0.717) is 5.95 Å². The van der Waals surface area contributed by atoms with Gasteiger partial charge in [0.1, 0.15) is 0 Å². The minimum Gasteiger partial charge on any atom is -0.317 e. The third-order valence-corrected chi connectivity index (χ3v) is 10.3. The van der Waals surface area contributed by atoms with E-state index >= 15 is 0 Å². The molecule has 6 aromatic carbocycles. The van der Waals surface area contributed by atoms with Gasteiger partial charge < -0.3 is 4.57 Å². The predicted octanol–water partition coefficient (Wildman–Crippen LogP) is 11.2. The Bertz CT molecular complexity index is 2720. The molecule has 0 aliphatic rings. The van der Waals surface area contributed by atoms with Crippen LogP contribution in [0.15, 0.2) is 158 Å². The van der Waals surface area contributed by atoms with Crippen molar-refractivity contribution < 1.29 is 0 Å². The molecule has 47 heavy (non-hydrogen) atoms.